The van der Waals surface area contributed by atoms with Crippen LogP contribution in [0.2, 0.25) is 0 Å². The number of benzene rings is 3. The summed E-state index contributed by atoms with van der Waals surface area (Å²) in [6, 6.07) is 7.08. The zero-order valence-electron chi connectivity index (χ0n) is 18.5. The standard InChI is InChI=1S/C17H14N2O10S3.3Na/c18-9-1-3-12(16(7-9)32(27,28)29)17(20)19-14-5-6-15(31(24,25)26)11-4-2-10(8-13(11)14)30(21,22)23;;;/h1-8H,18H2,(H,19,20)(H,21,22,23)(H,24,25,26)(H,27,28,29);;;/q;3*+1/p-3. The van der Waals surface area contributed by atoms with Crippen LogP contribution in [-0.2, 0) is 30.4 Å². The fourth-order valence-electron chi connectivity index (χ4n) is 2.91. The summed E-state index contributed by atoms with van der Waals surface area (Å²) in [6.45, 7) is 0. The number of hydrogen-bond donors (Lipinski definition) is 2. The predicted molar refractivity (Wildman–Crippen MR) is 107 cm³/mol. The number of nitrogen functional groups attached to an aromatic ring is 1. The molecule has 0 spiro atoms. The van der Waals surface area contributed by atoms with E-state index >= 15 is 0 Å². The van der Waals surface area contributed by atoms with Crippen LogP contribution in [0.5, 0.6) is 0 Å². The molecule has 0 fully saturated rings. The third-order valence-electron chi connectivity index (χ3n) is 4.27. The number of anilines is 2. The van der Waals surface area contributed by atoms with Gasteiger partial charge in [-0.25, -0.2) is 25.3 Å². The average molecular weight is 568 g/mol. The Morgan fingerprint density at radius 2 is 1.26 bits per heavy atom. The van der Waals surface area contributed by atoms with Crippen molar-refractivity contribution in [3.05, 3.63) is 54.1 Å². The minimum atomic E-state index is -5.12. The SMILES string of the molecule is Nc1ccc(C(=O)Nc2ccc(S(=O)(=O)[O-])c3ccc(S(=O)(=O)[O-])cc23)c(S(=O)(=O)[O-])c1.[Na+].[Na+].[Na+]. The normalized spacial score (nSPS) is 11.5. The van der Waals surface area contributed by atoms with Crippen LogP contribution >= 0.6 is 0 Å². The van der Waals surface area contributed by atoms with Crippen LogP contribution in [0.4, 0.5) is 11.4 Å². The largest absolute Gasteiger partial charge is 1.00 e. The molecule has 3 N–H and O–H groups in total. The van der Waals surface area contributed by atoms with Gasteiger partial charge in [0.1, 0.15) is 30.4 Å². The molecule has 0 saturated heterocycles. The monoisotopic (exact) mass is 568 g/mol. The third-order valence-corrected chi connectivity index (χ3v) is 6.88. The molecule has 0 saturated carbocycles. The number of carbonyl (C=O) groups is 1. The molecule has 18 heteroatoms. The van der Waals surface area contributed by atoms with Gasteiger partial charge < -0.3 is 24.7 Å². The zero-order valence-corrected chi connectivity index (χ0v) is 27.0. The molecular formula is C17H11N2Na3O10S3. The molecule has 3 aromatic rings. The molecule has 12 nitrogen and oxygen atoms in total. The van der Waals surface area contributed by atoms with E-state index in [9.17, 15) is 43.7 Å². The fourth-order valence-corrected chi connectivity index (χ4v) is 4.79. The van der Waals surface area contributed by atoms with Gasteiger partial charge in [0.25, 0.3) is 5.91 Å². The Kier molecular flexibility index (Phi) is 12.6. The second-order valence-corrected chi connectivity index (χ2v) is 10.5. The van der Waals surface area contributed by atoms with Gasteiger partial charge in [-0.2, -0.15) is 0 Å². The maximum Gasteiger partial charge on any atom is 1.00 e. The Hall–Kier alpha value is -0.0800. The first-order chi connectivity index (χ1) is 14.6. The summed E-state index contributed by atoms with van der Waals surface area (Å²) in [4.78, 5) is 10.2. The molecule has 35 heavy (non-hydrogen) atoms. The van der Waals surface area contributed by atoms with Crippen molar-refractivity contribution in [3.8, 4) is 0 Å². The van der Waals surface area contributed by atoms with Crippen LogP contribution in [0.3, 0.4) is 0 Å². The van der Waals surface area contributed by atoms with E-state index in [1.165, 1.54) is 0 Å². The van der Waals surface area contributed by atoms with Crippen molar-refractivity contribution >= 4 is 58.4 Å². The van der Waals surface area contributed by atoms with Gasteiger partial charge in [0.15, 0.2) is 0 Å². The quantitative estimate of drug-likeness (QED) is 0.167. The number of nitrogens with two attached hydrogens (primary N) is 1. The minimum absolute atomic E-state index is 0. The molecule has 0 aliphatic rings. The van der Waals surface area contributed by atoms with Crippen LogP contribution in [0.25, 0.3) is 10.8 Å². The maximum absolute atomic E-state index is 12.7. The van der Waals surface area contributed by atoms with Crippen LogP contribution in [0, 0.1) is 0 Å². The van der Waals surface area contributed by atoms with Crippen molar-refractivity contribution in [1.82, 2.24) is 0 Å². The minimum Gasteiger partial charge on any atom is -0.744 e. The molecule has 0 bridgehead atoms. The second kappa shape index (κ2) is 12.6. The Labute approximate surface area is 267 Å². The molecular weight excluding hydrogens is 557 g/mol. The van der Waals surface area contributed by atoms with Crippen molar-refractivity contribution in [2.45, 2.75) is 14.7 Å². The molecule has 3 rings (SSSR count). The van der Waals surface area contributed by atoms with Gasteiger partial charge >= 0.3 is 88.7 Å². The number of carbonyl (C=O) groups excluding carboxylic acids is 1. The number of fused-ring (bicyclic) bond motifs is 1. The molecule has 0 aliphatic heterocycles. The van der Waals surface area contributed by atoms with Crippen LogP contribution < -0.4 is 99.7 Å². The molecule has 0 aliphatic carbocycles. The smallest absolute Gasteiger partial charge is 0.744 e. The summed E-state index contributed by atoms with van der Waals surface area (Å²) in [6.07, 6.45) is 0. The van der Waals surface area contributed by atoms with Crippen LogP contribution in [0.15, 0.2) is 63.2 Å². The molecule has 170 valence electrons. The van der Waals surface area contributed by atoms with Gasteiger partial charge in [0.2, 0.25) is 0 Å². The number of amides is 1. The summed E-state index contributed by atoms with van der Waals surface area (Å²) in [5.74, 6) is -1.14. The number of rotatable bonds is 5. The molecule has 0 unspecified atom stereocenters. The molecule has 0 atom stereocenters. The topological polar surface area (TPSA) is 227 Å². The average Bonchev–Trinajstić information content (AvgIpc) is 2.65. The summed E-state index contributed by atoms with van der Waals surface area (Å²) < 4.78 is 103. The van der Waals surface area contributed by atoms with Gasteiger partial charge in [-0.05, 0) is 42.5 Å². The zero-order chi connectivity index (χ0) is 24.1. The first kappa shape index (κ1) is 34.9. The third kappa shape index (κ3) is 8.20. The maximum atomic E-state index is 12.7. The van der Waals surface area contributed by atoms with E-state index in [-0.39, 0.29) is 111 Å². The summed E-state index contributed by atoms with van der Waals surface area (Å²) in [5, 5.41) is 1.60. The summed E-state index contributed by atoms with van der Waals surface area (Å²) in [5.41, 5.74) is 4.47. The number of nitrogens with one attached hydrogen (secondary N) is 1. The van der Waals surface area contributed by atoms with Crippen molar-refractivity contribution in [2.75, 3.05) is 11.1 Å². The molecule has 1 amide bonds. The summed E-state index contributed by atoms with van der Waals surface area (Å²) in [7, 11) is -15.1. The Bertz CT molecular complexity index is 1610. The second-order valence-electron chi connectivity index (χ2n) is 6.39. The van der Waals surface area contributed by atoms with E-state index in [1.807, 2.05) is 0 Å². The van der Waals surface area contributed by atoms with Crippen LogP contribution in [0.1, 0.15) is 10.4 Å². The Morgan fingerprint density at radius 3 is 1.77 bits per heavy atom. The van der Waals surface area contributed by atoms with Crippen molar-refractivity contribution in [2.24, 2.45) is 0 Å². The van der Waals surface area contributed by atoms with Crippen LogP contribution in [-0.4, -0.2) is 44.8 Å². The van der Waals surface area contributed by atoms with E-state index in [2.05, 4.69) is 5.32 Å². The van der Waals surface area contributed by atoms with E-state index in [4.69, 9.17) is 5.73 Å². The predicted octanol–water partition coefficient (Wildman–Crippen LogP) is -8.60. The van der Waals surface area contributed by atoms with Gasteiger partial charge in [-0.3, -0.25) is 4.79 Å². The fraction of sp³-hybridized carbons (Fsp3) is 0. The van der Waals surface area contributed by atoms with E-state index < -0.39 is 56.5 Å². The van der Waals surface area contributed by atoms with E-state index in [0.717, 1.165) is 48.5 Å². The first-order valence-corrected chi connectivity index (χ1v) is 12.5. The van der Waals surface area contributed by atoms with Gasteiger partial charge in [-0.1, -0.05) is 6.07 Å². The Morgan fingerprint density at radius 1 is 0.686 bits per heavy atom. The van der Waals surface area contributed by atoms with E-state index in [0.29, 0.717) is 0 Å². The van der Waals surface area contributed by atoms with Gasteiger partial charge in [-0.15, -0.1) is 0 Å². The molecule has 0 radical (unpaired) electrons. The first-order valence-electron chi connectivity index (χ1n) is 8.24. The molecule has 0 heterocycles. The molecule has 0 aromatic heterocycles. The van der Waals surface area contributed by atoms with Crippen molar-refractivity contribution in [3.63, 3.8) is 0 Å². The van der Waals surface area contributed by atoms with Crippen molar-refractivity contribution in [1.29, 1.82) is 0 Å². The molecule has 3 aromatic carbocycles. The Balaban J connectivity index is 0.00000385. The van der Waals surface area contributed by atoms with Crippen molar-refractivity contribution < 1.29 is 132 Å². The van der Waals surface area contributed by atoms with Gasteiger partial charge in [0.05, 0.1) is 20.2 Å². The number of hydrogen-bond acceptors (Lipinski definition) is 11. The van der Waals surface area contributed by atoms with Gasteiger partial charge in [0, 0.05) is 22.1 Å². The van der Waals surface area contributed by atoms with E-state index in [1.54, 1.807) is 0 Å². The summed E-state index contributed by atoms with van der Waals surface area (Å²) >= 11 is 0.